The highest BCUT2D eigenvalue weighted by Crippen LogP contribution is 2.33. The van der Waals surface area contributed by atoms with Crippen LogP contribution in [0.5, 0.6) is 5.75 Å². The molecule has 0 aliphatic heterocycles. The Hall–Kier alpha value is -5.13. The molecule has 0 saturated carbocycles. The van der Waals surface area contributed by atoms with Gasteiger partial charge in [-0.15, -0.1) is 0 Å². The fourth-order valence-corrected chi connectivity index (χ4v) is 4.68. The Labute approximate surface area is 223 Å². The largest absolute Gasteiger partial charge is 0.497 e. The summed E-state index contributed by atoms with van der Waals surface area (Å²) in [4.78, 5) is 5.07. The molecule has 0 spiro atoms. The molecule has 180 valence electrons. The fourth-order valence-electron chi connectivity index (χ4n) is 4.68. The van der Waals surface area contributed by atoms with E-state index in [1.54, 1.807) is 7.11 Å². The minimum Gasteiger partial charge on any atom is -0.497 e. The second kappa shape index (κ2) is 10.5. The van der Waals surface area contributed by atoms with Crippen LogP contribution in [0, 0.1) is 11.8 Å². The number of benzene rings is 5. The number of hydrogen-bond donors (Lipinski definition) is 0. The maximum Gasteiger partial charge on any atom is 0.118 e. The van der Waals surface area contributed by atoms with E-state index in [9.17, 15) is 0 Å². The van der Waals surface area contributed by atoms with Crippen LogP contribution >= 0.6 is 0 Å². The molecule has 0 aliphatic rings. The molecule has 0 aliphatic carbocycles. The van der Waals surface area contributed by atoms with Gasteiger partial charge in [0.15, 0.2) is 0 Å². The highest BCUT2D eigenvalue weighted by atomic mass is 16.5. The van der Waals surface area contributed by atoms with Crippen LogP contribution in [0.3, 0.4) is 0 Å². The van der Waals surface area contributed by atoms with Gasteiger partial charge in [-0.05, 0) is 82.6 Å². The van der Waals surface area contributed by atoms with E-state index >= 15 is 0 Å². The van der Waals surface area contributed by atoms with Crippen molar-refractivity contribution >= 4 is 10.8 Å². The van der Waals surface area contributed by atoms with Crippen LogP contribution in [0.4, 0.5) is 0 Å². The van der Waals surface area contributed by atoms with Gasteiger partial charge in [0.25, 0.3) is 0 Å². The van der Waals surface area contributed by atoms with Crippen LogP contribution in [-0.2, 0) is 0 Å². The Morgan fingerprint density at radius 1 is 0.553 bits per heavy atom. The molecule has 6 aromatic rings. The Kier molecular flexibility index (Phi) is 6.41. The first-order valence-electron chi connectivity index (χ1n) is 12.6. The van der Waals surface area contributed by atoms with E-state index in [0.29, 0.717) is 0 Å². The summed E-state index contributed by atoms with van der Waals surface area (Å²) in [6, 6.07) is 45.7. The first kappa shape index (κ1) is 23.3. The minimum atomic E-state index is 0.825. The van der Waals surface area contributed by atoms with Crippen molar-refractivity contribution in [3.63, 3.8) is 0 Å². The lowest BCUT2D eigenvalue weighted by Crippen LogP contribution is -1.93. The summed E-state index contributed by atoms with van der Waals surface area (Å²) in [5.74, 6) is 7.56. The van der Waals surface area contributed by atoms with Crippen molar-refractivity contribution in [2.24, 2.45) is 0 Å². The summed E-state index contributed by atoms with van der Waals surface area (Å²) in [5, 5.41) is 2.45. The smallest absolute Gasteiger partial charge is 0.118 e. The SMILES string of the molecule is COc1ccc(-c2cccc(-c3cc(-c4cccc5ccccc45)ccc3C#Cc3ccccc3)n2)cc1. The number of methoxy groups -OCH3 is 1. The number of rotatable bonds is 4. The van der Waals surface area contributed by atoms with E-state index in [4.69, 9.17) is 9.72 Å². The first-order chi connectivity index (χ1) is 18.8. The van der Waals surface area contributed by atoms with Crippen LogP contribution in [0.1, 0.15) is 11.1 Å². The number of nitrogens with zero attached hydrogens (tertiary/aromatic N) is 1. The summed E-state index contributed by atoms with van der Waals surface area (Å²) in [7, 11) is 1.68. The second-order valence-electron chi connectivity index (χ2n) is 9.04. The predicted octanol–water partition coefficient (Wildman–Crippen LogP) is 8.64. The van der Waals surface area contributed by atoms with Crippen molar-refractivity contribution in [3.05, 3.63) is 145 Å². The molecular weight excluding hydrogens is 462 g/mol. The van der Waals surface area contributed by atoms with Gasteiger partial charge in [0, 0.05) is 22.3 Å². The van der Waals surface area contributed by atoms with Crippen molar-refractivity contribution in [2.75, 3.05) is 7.11 Å². The lowest BCUT2D eigenvalue weighted by Gasteiger charge is -2.12. The third kappa shape index (κ3) is 4.78. The first-order valence-corrected chi connectivity index (χ1v) is 12.6. The van der Waals surface area contributed by atoms with E-state index in [-0.39, 0.29) is 0 Å². The summed E-state index contributed by atoms with van der Waals surface area (Å²) in [5.41, 5.74) is 8.09. The van der Waals surface area contributed by atoms with E-state index in [1.165, 1.54) is 16.3 Å². The van der Waals surface area contributed by atoms with Crippen LogP contribution in [0.2, 0.25) is 0 Å². The quantitative estimate of drug-likeness (QED) is 0.232. The molecule has 2 heteroatoms. The zero-order valence-electron chi connectivity index (χ0n) is 21.1. The standard InChI is InChI=1S/C36H25NO/c1-38-31-23-21-29(22-24-31)35-15-8-16-36(37-35)34-25-30(33-14-7-12-27-11-5-6-13-32(27)33)20-19-28(34)18-17-26-9-3-2-4-10-26/h2-16,19-25H,1H3. The Morgan fingerprint density at radius 3 is 2.11 bits per heavy atom. The zero-order chi connectivity index (χ0) is 25.7. The molecule has 38 heavy (non-hydrogen) atoms. The predicted molar refractivity (Wildman–Crippen MR) is 157 cm³/mol. The van der Waals surface area contributed by atoms with Crippen LogP contribution in [-0.4, -0.2) is 12.1 Å². The van der Waals surface area contributed by atoms with Crippen LogP contribution < -0.4 is 4.74 Å². The van der Waals surface area contributed by atoms with E-state index in [1.807, 2.05) is 60.7 Å². The molecule has 0 bridgehead atoms. The fraction of sp³-hybridized carbons (Fsp3) is 0.0278. The molecule has 0 fully saturated rings. The van der Waals surface area contributed by atoms with Gasteiger partial charge in [0.05, 0.1) is 18.5 Å². The molecule has 2 nitrogen and oxygen atoms in total. The van der Waals surface area contributed by atoms with Gasteiger partial charge in [0.2, 0.25) is 0 Å². The van der Waals surface area contributed by atoms with Crippen molar-refractivity contribution < 1.29 is 4.74 Å². The molecular formula is C36H25NO. The van der Waals surface area contributed by atoms with Gasteiger partial charge in [-0.1, -0.05) is 84.6 Å². The molecule has 6 rings (SSSR count). The average Bonchev–Trinajstić information content (AvgIpc) is 3.00. The number of hydrogen-bond acceptors (Lipinski definition) is 2. The zero-order valence-corrected chi connectivity index (χ0v) is 21.1. The third-order valence-corrected chi connectivity index (χ3v) is 6.65. The van der Waals surface area contributed by atoms with Crippen LogP contribution in [0.15, 0.2) is 133 Å². The average molecular weight is 488 g/mol. The van der Waals surface area contributed by atoms with Crippen molar-refractivity contribution in [1.82, 2.24) is 4.98 Å². The summed E-state index contributed by atoms with van der Waals surface area (Å²) >= 11 is 0. The molecule has 0 atom stereocenters. The minimum absolute atomic E-state index is 0.825. The Balaban J connectivity index is 1.50. The Bertz CT molecular complexity index is 1790. The number of aromatic nitrogens is 1. The van der Waals surface area contributed by atoms with Crippen molar-refractivity contribution in [1.29, 1.82) is 0 Å². The molecule has 0 amide bonds. The topological polar surface area (TPSA) is 22.1 Å². The lowest BCUT2D eigenvalue weighted by molar-refractivity contribution is 0.415. The molecule has 1 aromatic heterocycles. The molecule has 1 heterocycles. The molecule has 0 saturated heterocycles. The second-order valence-corrected chi connectivity index (χ2v) is 9.04. The Morgan fingerprint density at radius 2 is 1.26 bits per heavy atom. The summed E-state index contributed by atoms with van der Waals surface area (Å²) < 4.78 is 5.33. The van der Waals surface area contributed by atoms with Crippen molar-refractivity contribution in [2.45, 2.75) is 0 Å². The maximum atomic E-state index is 5.33. The van der Waals surface area contributed by atoms with E-state index in [2.05, 4.69) is 84.6 Å². The summed E-state index contributed by atoms with van der Waals surface area (Å²) in [6.07, 6.45) is 0. The van der Waals surface area contributed by atoms with Gasteiger partial charge < -0.3 is 4.74 Å². The van der Waals surface area contributed by atoms with Gasteiger partial charge in [-0.25, -0.2) is 4.98 Å². The van der Waals surface area contributed by atoms with Crippen molar-refractivity contribution in [3.8, 4) is 51.2 Å². The molecule has 0 N–H and O–H groups in total. The van der Waals surface area contributed by atoms with Gasteiger partial charge in [-0.3, -0.25) is 0 Å². The maximum absolute atomic E-state index is 5.33. The van der Waals surface area contributed by atoms with Gasteiger partial charge in [0.1, 0.15) is 5.75 Å². The third-order valence-electron chi connectivity index (χ3n) is 6.65. The lowest BCUT2D eigenvalue weighted by atomic mass is 9.93. The summed E-state index contributed by atoms with van der Waals surface area (Å²) in [6.45, 7) is 0. The normalized spacial score (nSPS) is 10.6. The van der Waals surface area contributed by atoms with Crippen LogP contribution in [0.25, 0.3) is 44.4 Å². The number of fused-ring (bicyclic) bond motifs is 1. The highest BCUT2D eigenvalue weighted by Gasteiger charge is 2.11. The van der Waals surface area contributed by atoms with Gasteiger partial charge in [-0.2, -0.15) is 0 Å². The van der Waals surface area contributed by atoms with E-state index in [0.717, 1.165) is 45.0 Å². The number of pyridine rings is 1. The molecule has 5 aromatic carbocycles. The highest BCUT2D eigenvalue weighted by molar-refractivity contribution is 5.97. The number of ether oxygens (including phenoxy) is 1. The van der Waals surface area contributed by atoms with Gasteiger partial charge >= 0.3 is 0 Å². The monoisotopic (exact) mass is 487 g/mol. The molecule has 0 unspecified atom stereocenters. The van der Waals surface area contributed by atoms with E-state index < -0.39 is 0 Å². The molecule has 0 radical (unpaired) electrons.